The van der Waals surface area contributed by atoms with Gasteiger partial charge >= 0.3 is 0 Å². The Labute approximate surface area is 808 Å². The molecule has 9 heterocycles. The van der Waals surface area contributed by atoms with Gasteiger partial charge in [-0.15, -0.1) is 34.0 Å². The van der Waals surface area contributed by atoms with E-state index >= 15 is 0 Å². The topological polar surface area (TPSA) is 53.5 Å². The van der Waals surface area contributed by atoms with Gasteiger partial charge in [-0.3, -0.25) is 4.57 Å². The molecule has 0 atom stereocenters. The highest BCUT2D eigenvalue weighted by Gasteiger charge is 2.24. The van der Waals surface area contributed by atoms with E-state index in [1.807, 2.05) is 34.0 Å². The van der Waals surface area contributed by atoms with Crippen LogP contribution in [0.15, 0.2) is 497 Å². The normalized spacial score (nSPS) is 11.6. The lowest BCUT2D eigenvalue weighted by atomic mass is 9.95. The van der Waals surface area contributed by atoms with Crippen molar-refractivity contribution in [1.82, 2.24) is 28.7 Å². The van der Waals surface area contributed by atoms with Crippen molar-refractivity contribution < 1.29 is 0 Å². The standard InChI is InChI=1S/C47H30N2S.2C41H26N2S/c1-3-13-31(14-4-1)32-15-11-16-33(27-32)41-28-35(37-21-12-24-46-47(37)40-20-8-10-23-45(40)50-46)29-42(48-41)34-25-26-39-38-19-7-9-22-43(38)49(44(39)30-34)36-17-5-2-6-18-36;1-3-12-27(13-4-1)36-25-29(28-22-23-40-35(24-28)32-17-8-10-21-39(32)44-40)26-37(42-36)34-19-11-18-33-31-16-7-9-20-38(31)43(41(33)34)30-14-5-2-6-15-30;1-2-11-27(12-3-1)28-13-10-14-30(23-28)36-24-31(29-21-22-35-34-17-6-9-20-39(34)44-40(35)25-29)26-41(42-36)43-37-18-7-4-15-32(37)33-16-5-8-19-38(33)43/h1-30H;2*1-26H. The molecule has 0 fully saturated rings. The molecule has 0 amide bonds. The molecule has 0 bridgehead atoms. The Balaban J connectivity index is 0.000000107. The van der Waals surface area contributed by atoms with Crippen LogP contribution in [0.2, 0.25) is 0 Å². The van der Waals surface area contributed by atoms with E-state index in [0.29, 0.717) is 0 Å². The summed E-state index contributed by atoms with van der Waals surface area (Å²) < 4.78 is 14.9. The van der Waals surface area contributed by atoms with Crippen molar-refractivity contribution in [2.24, 2.45) is 0 Å². The second-order valence-electron chi connectivity index (χ2n) is 35.2. The lowest BCUT2D eigenvalue weighted by Gasteiger charge is -2.14. The van der Waals surface area contributed by atoms with E-state index in [2.05, 4.69) is 511 Å². The molecule has 0 spiro atoms. The van der Waals surface area contributed by atoms with Crippen LogP contribution in [-0.2, 0) is 0 Å². The van der Waals surface area contributed by atoms with Gasteiger partial charge in [-0.25, -0.2) is 15.0 Å². The summed E-state index contributed by atoms with van der Waals surface area (Å²) in [5, 5.41) is 15.2. The second-order valence-corrected chi connectivity index (χ2v) is 38.4. The zero-order valence-corrected chi connectivity index (χ0v) is 77.2. The lowest BCUT2D eigenvalue weighted by Crippen LogP contribution is -2.00. The first kappa shape index (κ1) is 81.5. The molecule has 138 heavy (non-hydrogen) atoms. The Morgan fingerprint density at radius 1 is 0.152 bits per heavy atom. The SMILES string of the molecule is c1ccc(-c2cc(-c3ccc4sc5ccccc5c4c3)cc(-c3cccc4c5ccccc5n(-c5ccccc5)c34)n2)cc1.c1ccc(-c2cccc(-c3cc(-c4ccc5c(c4)sc4ccccc45)cc(-n4c5ccccc5c5ccccc54)n3)c2)cc1.c1ccc(-c2cccc(-c3cc(-c4cccc5sc6ccccc6c45)cc(-c4ccc5c6ccccc6n(-c6ccccc6)c5c4)n3)c2)cc1. The third kappa shape index (κ3) is 14.7. The van der Waals surface area contributed by atoms with E-state index in [0.717, 1.165) is 101 Å². The summed E-state index contributed by atoms with van der Waals surface area (Å²) in [5.74, 6) is 0.913. The third-order valence-corrected chi connectivity index (χ3v) is 30.4. The quantitative estimate of drug-likeness (QED) is 0.116. The average molecular weight is 1810 g/mol. The van der Waals surface area contributed by atoms with Crippen LogP contribution >= 0.6 is 34.0 Å². The van der Waals surface area contributed by atoms with Crippen molar-refractivity contribution in [2.45, 2.75) is 0 Å². The Morgan fingerprint density at radius 3 is 1.12 bits per heavy atom. The number of hydrogen-bond acceptors (Lipinski definition) is 6. The number of fused-ring (bicyclic) bond motifs is 18. The molecule has 28 rings (SSSR count). The molecule has 19 aromatic carbocycles. The van der Waals surface area contributed by atoms with Gasteiger partial charge in [0.25, 0.3) is 0 Å². The Morgan fingerprint density at radius 2 is 0.500 bits per heavy atom. The maximum Gasteiger partial charge on any atom is 0.138 e. The summed E-state index contributed by atoms with van der Waals surface area (Å²) in [4.78, 5) is 16.1. The smallest absolute Gasteiger partial charge is 0.138 e. The van der Waals surface area contributed by atoms with Crippen LogP contribution in [0.1, 0.15) is 0 Å². The van der Waals surface area contributed by atoms with Gasteiger partial charge in [0.1, 0.15) is 5.82 Å². The molecule has 9 heteroatoms. The molecule has 0 aliphatic rings. The summed E-state index contributed by atoms with van der Waals surface area (Å²) in [6.07, 6.45) is 0. The van der Waals surface area contributed by atoms with Gasteiger partial charge in [0.15, 0.2) is 0 Å². The number of aromatic nitrogens is 6. The minimum Gasteiger partial charge on any atom is -0.309 e. The monoisotopic (exact) mass is 1810 g/mol. The predicted octanol–water partition coefficient (Wildman–Crippen LogP) is 36.3. The molecule has 0 saturated carbocycles. The molecule has 0 aliphatic carbocycles. The van der Waals surface area contributed by atoms with Crippen LogP contribution < -0.4 is 0 Å². The van der Waals surface area contributed by atoms with Gasteiger partial charge in [0.05, 0.1) is 61.6 Å². The zero-order chi connectivity index (χ0) is 91.1. The Hall–Kier alpha value is -17.3. The fourth-order valence-corrected chi connectivity index (χ4v) is 23.9. The van der Waals surface area contributed by atoms with Gasteiger partial charge in [0, 0.05) is 132 Å². The summed E-state index contributed by atoms with van der Waals surface area (Å²) in [6.45, 7) is 0. The van der Waals surface area contributed by atoms with E-state index in [1.165, 1.54) is 154 Å². The fourth-order valence-electron chi connectivity index (χ4n) is 20.5. The highest BCUT2D eigenvalue weighted by Crippen LogP contribution is 2.48. The minimum absolute atomic E-state index is 0.913. The number of pyridine rings is 3. The molecule has 0 radical (unpaired) electrons. The first-order chi connectivity index (χ1) is 68.4. The van der Waals surface area contributed by atoms with Gasteiger partial charge in [-0.1, -0.05) is 352 Å². The molecule has 0 N–H and O–H groups in total. The van der Waals surface area contributed by atoms with Crippen LogP contribution in [0.3, 0.4) is 0 Å². The van der Waals surface area contributed by atoms with Crippen molar-refractivity contribution in [1.29, 1.82) is 0 Å². The van der Waals surface area contributed by atoms with E-state index in [-0.39, 0.29) is 0 Å². The van der Waals surface area contributed by atoms with Crippen LogP contribution in [-0.4, -0.2) is 28.7 Å². The predicted molar refractivity (Wildman–Crippen MR) is 589 cm³/mol. The molecule has 0 unspecified atom stereocenters. The number of benzene rings is 19. The van der Waals surface area contributed by atoms with E-state index < -0.39 is 0 Å². The maximum absolute atomic E-state index is 5.42. The van der Waals surface area contributed by atoms with Gasteiger partial charge in [0.2, 0.25) is 0 Å². The van der Waals surface area contributed by atoms with Gasteiger partial charge < -0.3 is 9.13 Å². The molecule has 28 aromatic rings. The first-order valence-electron chi connectivity index (χ1n) is 46.7. The van der Waals surface area contributed by atoms with Crippen molar-refractivity contribution in [3.8, 4) is 129 Å². The molecule has 646 valence electrons. The maximum atomic E-state index is 5.42. The molecule has 0 saturated heterocycles. The average Bonchev–Trinajstić information content (AvgIpc) is 1.55. The molecule has 9 aromatic heterocycles. The third-order valence-electron chi connectivity index (χ3n) is 27.0. The fraction of sp³-hybridized carbons (Fsp3) is 0. The molecular formula is C129H82N6S3. The van der Waals surface area contributed by atoms with E-state index in [4.69, 9.17) is 15.0 Å². The minimum atomic E-state index is 0.913. The van der Waals surface area contributed by atoms with Crippen LogP contribution in [0, 0.1) is 0 Å². The molecule has 6 nitrogen and oxygen atoms in total. The zero-order valence-electron chi connectivity index (χ0n) is 74.8. The highest BCUT2D eigenvalue weighted by molar-refractivity contribution is 7.26. The van der Waals surface area contributed by atoms with Crippen molar-refractivity contribution in [3.63, 3.8) is 0 Å². The van der Waals surface area contributed by atoms with Crippen molar-refractivity contribution in [2.75, 3.05) is 0 Å². The van der Waals surface area contributed by atoms with Crippen molar-refractivity contribution in [3.05, 3.63) is 497 Å². The Kier molecular flexibility index (Phi) is 20.4. The number of thiophene rings is 3. The number of para-hydroxylation sites is 7. The molecular weight excluding hydrogens is 1730 g/mol. The summed E-state index contributed by atoms with van der Waals surface area (Å²) in [5.41, 5.74) is 31.4. The number of nitrogens with zero attached hydrogens (tertiary/aromatic N) is 6. The summed E-state index contributed by atoms with van der Waals surface area (Å²) in [6, 6.07) is 179. The largest absolute Gasteiger partial charge is 0.309 e. The van der Waals surface area contributed by atoms with Gasteiger partial charge in [-0.05, 0) is 201 Å². The first-order valence-corrected chi connectivity index (χ1v) is 49.2. The van der Waals surface area contributed by atoms with Crippen LogP contribution in [0.25, 0.3) is 255 Å². The van der Waals surface area contributed by atoms with Crippen LogP contribution in [0.5, 0.6) is 0 Å². The number of rotatable bonds is 13. The summed E-state index contributed by atoms with van der Waals surface area (Å²) in [7, 11) is 0. The van der Waals surface area contributed by atoms with Crippen LogP contribution in [0.4, 0.5) is 0 Å². The molecule has 0 aliphatic heterocycles. The van der Waals surface area contributed by atoms with Gasteiger partial charge in [-0.2, -0.15) is 0 Å². The van der Waals surface area contributed by atoms with E-state index in [1.54, 1.807) is 0 Å². The van der Waals surface area contributed by atoms with E-state index in [9.17, 15) is 0 Å². The second kappa shape index (κ2) is 34.6. The highest BCUT2D eigenvalue weighted by atomic mass is 32.1. The van der Waals surface area contributed by atoms with Crippen molar-refractivity contribution >= 4 is 160 Å². The number of hydrogen-bond donors (Lipinski definition) is 0. The lowest BCUT2D eigenvalue weighted by molar-refractivity contribution is 1.08. The summed E-state index contributed by atoms with van der Waals surface area (Å²) >= 11 is 5.56. The Bertz CT molecular complexity index is 9550.